The van der Waals surface area contributed by atoms with E-state index in [9.17, 15) is 18.8 Å². The second kappa shape index (κ2) is 11.1. The molecule has 0 saturated carbocycles. The summed E-state index contributed by atoms with van der Waals surface area (Å²) in [5, 5.41) is 2.81. The van der Waals surface area contributed by atoms with Crippen LogP contribution in [0.25, 0.3) is 0 Å². The van der Waals surface area contributed by atoms with Crippen molar-refractivity contribution in [3.63, 3.8) is 0 Å². The van der Waals surface area contributed by atoms with Crippen molar-refractivity contribution in [3.05, 3.63) is 84.2 Å². The first-order valence-corrected chi connectivity index (χ1v) is 11.9. The number of imide groups is 1. The number of carbonyl (C=O) groups excluding carboxylic acids is 3. The summed E-state index contributed by atoms with van der Waals surface area (Å²) in [4.78, 5) is 44.0. The number of nitrogens with zero attached hydrogens (tertiary/aromatic N) is 3. The molecule has 9 heteroatoms. The van der Waals surface area contributed by atoms with E-state index in [0.717, 1.165) is 16.2 Å². The zero-order chi connectivity index (χ0) is 26.5. The molecule has 0 radical (unpaired) electrons. The van der Waals surface area contributed by atoms with Gasteiger partial charge in [-0.1, -0.05) is 12.1 Å². The second-order valence-electron chi connectivity index (χ2n) is 8.93. The third kappa shape index (κ3) is 5.88. The van der Waals surface area contributed by atoms with Crippen molar-refractivity contribution in [1.82, 2.24) is 4.90 Å². The zero-order valence-corrected chi connectivity index (χ0v) is 21.0. The number of hydrogen-bond acceptors (Lipinski definition) is 5. The number of nitrogens with one attached hydrogen (secondary N) is 1. The molecule has 4 rings (SSSR count). The minimum absolute atomic E-state index is 0.208. The fraction of sp³-hybridized carbons (Fsp3) is 0.250. The van der Waals surface area contributed by atoms with Gasteiger partial charge >= 0.3 is 6.03 Å². The molecule has 0 aromatic heterocycles. The van der Waals surface area contributed by atoms with Gasteiger partial charge in [-0.05, 0) is 72.6 Å². The van der Waals surface area contributed by atoms with Gasteiger partial charge in [0.1, 0.15) is 17.6 Å². The Morgan fingerprint density at radius 3 is 2.22 bits per heavy atom. The van der Waals surface area contributed by atoms with E-state index in [-0.39, 0.29) is 24.6 Å². The molecular formula is C28H29FN4O4. The van der Waals surface area contributed by atoms with Crippen molar-refractivity contribution in [1.29, 1.82) is 0 Å². The lowest BCUT2D eigenvalue weighted by atomic mass is 10.1. The Bertz CT molecular complexity index is 1260. The Labute approximate surface area is 215 Å². The third-order valence-corrected chi connectivity index (χ3v) is 6.25. The largest absolute Gasteiger partial charge is 0.497 e. The number of urea groups is 1. The fourth-order valence-electron chi connectivity index (χ4n) is 4.19. The highest BCUT2D eigenvalue weighted by Crippen LogP contribution is 2.28. The number of rotatable bonds is 9. The van der Waals surface area contributed by atoms with Crippen molar-refractivity contribution in [3.8, 4) is 5.75 Å². The van der Waals surface area contributed by atoms with Crippen LogP contribution in [0.1, 0.15) is 12.0 Å². The van der Waals surface area contributed by atoms with E-state index in [1.54, 1.807) is 19.2 Å². The highest BCUT2D eigenvalue weighted by atomic mass is 19.1. The Hall–Kier alpha value is -4.40. The van der Waals surface area contributed by atoms with Crippen LogP contribution in [-0.2, 0) is 16.0 Å². The van der Waals surface area contributed by atoms with Gasteiger partial charge in [-0.15, -0.1) is 0 Å². The van der Waals surface area contributed by atoms with Gasteiger partial charge in [0.2, 0.25) is 5.91 Å². The van der Waals surface area contributed by atoms with Crippen molar-refractivity contribution < 1.29 is 23.5 Å². The van der Waals surface area contributed by atoms with Gasteiger partial charge in [0, 0.05) is 32.0 Å². The molecule has 0 spiro atoms. The first kappa shape index (κ1) is 25.7. The summed E-state index contributed by atoms with van der Waals surface area (Å²) in [5.41, 5.74) is 2.78. The lowest BCUT2D eigenvalue weighted by Crippen LogP contribution is -2.39. The minimum Gasteiger partial charge on any atom is -0.497 e. The van der Waals surface area contributed by atoms with Crippen molar-refractivity contribution >= 4 is 34.9 Å². The number of anilines is 3. The molecule has 1 saturated heterocycles. The number of benzene rings is 3. The zero-order valence-electron chi connectivity index (χ0n) is 21.0. The summed E-state index contributed by atoms with van der Waals surface area (Å²) in [6.45, 7) is 0.226. The van der Waals surface area contributed by atoms with E-state index >= 15 is 0 Å². The Balaban J connectivity index is 1.52. The first-order valence-electron chi connectivity index (χ1n) is 11.9. The third-order valence-electron chi connectivity index (χ3n) is 6.25. The quantitative estimate of drug-likeness (QED) is 0.439. The van der Waals surface area contributed by atoms with Crippen LogP contribution in [0.3, 0.4) is 0 Å². The molecule has 8 nitrogen and oxygen atoms in total. The Morgan fingerprint density at radius 2 is 1.62 bits per heavy atom. The van der Waals surface area contributed by atoms with Gasteiger partial charge in [0.25, 0.3) is 5.91 Å². The van der Waals surface area contributed by atoms with Gasteiger partial charge in [-0.3, -0.25) is 9.59 Å². The Kier molecular flexibility index (Phi) is 7.71. The van der Waals surface area contributed by atoms with Gasteiger partial charge in [0.05, 0.1) is 19.2 Å². The summed E-state index contributed by atoms with van der Waals surface area (Å²) in [5.74, 6) is -0.675. The van der Waals surface area contributed by atoms with Crippen LogP contribution >= 0.6 is 0 Å². The molecule has 1 unspecified atom stereocenters. The molecule has 3 aromatic carbocycles. The number of hydrogen-bond donors (Lipinski definition) is 1. The molecule has 1 N–H and O–H groups in total. The maximum atomic E-state index is 13.5. The van der Waals surface area contributed by atoms with Crippen molar-refractivity contribution in [2.75, 3.05) is 42.9 Å². The lowest BCUT2D eigenvalue weighted by molar-refractivity contribution is -0.124. The number of carbonyl (C=O) groups is 3. The summed E-state index contributed by atoms with van der Waals surface area (Å²) < 4.78 is 18.7. The van der Waals surface area contributed by atoms with Gasteiger partial charge in [0.15, 0.2) is 0 Å². The van der Waals surface area contributed by atoms with E-state index in [0.29, 0.717) is 17.9 Å². The maximum absolute atomic E-state index is 13.5. The van der Waals surface area contributed by atoms with E-state index in [1.807, 2.05) is 55.4 Å². The van der Waals surface area contributed by atoms with Gasteiger partial charge in [-0.2, -0.15) is 0 Å². The highest BCUT2D eigenvalue weighted by molar-refractivity contribution is 6.22. The molecule has 0 bridgehead atoms. The predicted molar refractivity (Wildman–Crippen MR) is 140 cm³/mol. The van der Waals surface area contributed by atoms with Crippen molar-refractivity contribution in [2.24, 2.45) is 0 Å². The van der Waals surface area contributed by atoms with Crippen molar-refractivity contribution in [2.45, 2.75) is 18.9 Å². The molecule has 192 valence electrons. The highest BCUT2D eigenvalue weighted by Gasteiger charge is 2.46. The van der Waals surface area contributed by atoms with E-state index in [4.69, 9.17) is 4.74 Å². The normalized spacial score (nSPS) is 15.2. The number of methoxy groups -OCH3 is 1. The number of halogens is 1. The van der Waals surface area contributed by atoms with E-state index in [1.165, 1.54) is 29.2 Å². The number of amides is 4. The maximum Gasteiger partial charge on any atom is 0.332 e. The lowest BCUT2D eigenvalue weighted by Gasteiger charge is -2.21. The topological polar surface area (TPSA) is 82.2 Å². The average Bonchev–Trinajstić information content (AvgIpc) is 3.12. The van der Waals surface area contributed by atoms with Crippen LogP contribution in [0.5, 0.6) is 5.75 Å². The summed E-state index contributed by atoms with van der Waals surface area (Å²) in [7, 11) is 5.42. The molecule has 4 amide bonds. The van der Waals surface area contributed by atoms with Crippen LogP contribution in [0.4, 0.5) is 26.2 Å². The van der Waals surface area contributed by atoms with Gasteiger partial charge < -0.3 is 19.9 Å². The predicted octanol–water partition coefficient (Wildman–Crippen LogP) is 4.31. The average molecular weight is 505 g/mol. The van der Waals surface area contributed by atoms with Crippen LogP contribution in [0, 0.1) is 5.82 Å². The van der Waals surface area contributed by atoms with E-state index < -0.39 is 23.8 Å². The fourth-order valence-corrected chi connectivity index (χ4v) is 4.19. The second-order valence-corrected chi connectivity index (χ2v) is 8.93. The van der Waals surface area contributed by atoms with Crippen LogP contribution in [0.15, 0.2) is 72.8 Å². The molecule has 1 aliphatic rings. The molecule has 1 fully saturated rings. The molecular weight excluding hydrogens is 475 g/mol. The van der Waals surface area contributed by atoms with Crippen LogP contribution in [0.2, 0.25) is 0 Å². The standard InChI is InChI=1S/C28H29FN4O4/c1-31(2)22-12-8-21(9-13-22)30-26(34)18-25-27(35)33(23-10-6-20(29)7-11-23)28(36)32(25)17-16-19-4-14-24(37-3)15-5-19/h4-15,25H,16-18H2,1-3H3,(H,30,34). The van der Waals surface area contributed by atoms with Crippen LogP contribution < -0.4 is 19.9 Å². The van der Waals surface area contributed by atoms with Crippen LogP contribution in [-0.4, -0.2) is 56.5 Å². The van der Waals surface area contributed by atoms with Gasteiger partial charge in [-0.25, -0.2) is 14.1 Å². The SMILES string of the molecule is COc1ccc(CCN2C(=O)N(c3ccc(F)cc3)C(=O)C2CC(=O)Nc2ccc(N(C)C)cc2)cc1. The smallest absolute Gasteiger partial charge is 0.332 e. The minimum atomic E-state index is -0.989. The molecule has 0 aliphatic carbocycles. The number of ether oxygens (including phenoxy) is 1. The Morgan fingerprint density at radius 1 is 0.973 bits per heavy atom. The van der Waals surface area contributed by atoms with E-state index in [2.05, 4.69) is 5.32 Å². The summed E-state index contributed by atoms with van der Waals surface area (Å²) in [6, 6.07) is 18.3. The monoisotopic (exact) mass is 504 g/mol. The first-order chi connectivity index (χ1) is 17.8. The molecule has 1 heterocycles. The molecule has 1 atom stereocenters. The summed E-state index contributed by atoms with van der Waals surface area (Å²) >= 11 is 0. The molecule has 37 heavy (non-hydrogen) atoms. The molecule has 1 aliphatic heterocycles. The summed E-state index contributed by atoms with van der Waals surface area (Å²) in [6.07, 6.45) is 0.269. The molecule has 3 aromatic rings.